The number of hydrogen-bond acceptors (Lipinski definition) is 6. The normalized spacial score (nSPS) is 11.4. The first-order valence-electron chi connectivity index (χ1n) is 8.64. The molecule has 2 rings (SSSR count). The number of carbonyl (C=O) groups excluding carboxylic acids is 2. The van der Waals surface area contributed by atoms with Crippen LogP contribution in [0.15, 0.2) is 42.5 Å². The molecular weight excluding hydrogens is 398 g/mol. The smallest absolute Gasteiger partial charge is 0.329 e. The SMILES string of the molecule is CC(C)[C@H](NC(=O)c1ccc(Cl)c([N+](=O)[O-])c1)C(=O)OCc1ccccc1C#N. The van der Waals surface area contributed by atoms with E-state index in [0.717, 1.165) is 6.07 Å². The highest BCUT2D eigenvalue weighted by Crippen LogP contribution is 2.25. The number of benzene rings is 2. The Labute approximate surface area is 172 Å². The Morgan fingerprint density at radius 2 is 1.97 bits per heavy atom. The molecule has 1 amide bonds. The molecule has 0 aromatic heterocycles. The fourth-order valence-electron chi connectivity index (χ4n) is 2.51. The Balaban J connectivity index is 2.12. The van der Waals surface area contributed by atoms with E-state index < -0.39 is 28.5 Å². The molecule has 2 aromatic rings. The Morgan fingerprint density at radius 1 is 1.28 bits per heavy atom. The third-order valence-electron chi connectivity index (χ3n) is 4.12. The van der Waals surface area contributed by atoms with Gasteiger partial charge in [0.2, 0.25) is 0 Å². The highest BCUT2D eigenvalue weighted by atomic mass is 35.5. The molecule has 8 nitrogen and oxygen atoms in total. The van der Waals surface area contributed by atoms with Crippen LogP contribution in [0.5, 0.6) is 0 Å². The van der Waals surface area contributed by atoms with Gasteiger partial charge < -0.3 is 10.1 Å². The molecule has 0 unspecified atom stereocenters. The molecule has 29 heavy (non-hydrogen) atoms. The average Bonchev–Trinajstić information content (AvgIpc) is 2.70. The second kappa shape index (κ2) is 9.66. The van der Waals surface area contributed by atoms with E-state index in [1.54, 1.807) is 38.1 Å². The van der Waals surface area contributed by atoms with E-state index in [9.17, 15) is 19.7 Å². The fraction of sp³-hybridized carbons (Fsp3) is 0.250. The summed E-state index contributed by atoms with van der Waals surface area (Å²) in [5, 5.41) is 22.5. The first-order valence-corrected chi connectivity index (χ1v) is 9.01. The molecule has 1 atom stereocenters. The summed E-state index contributed by atoms with van der Waals surface area (Å²) in [5.74, 6) is -1.65. The number of nitro groups is 1. The van der Waals surface area contributed by atoms with Gasteiger partial charge in [-0.05, 0) is 24.1 Å². The van der Waals surface area contributed by atoms with E-state index in [1.165, 1.54) is 12.1 Å². The number of hydrogen-bond donors (Lipinski definition) is 1. The average molecular weight is 416 g/mol. The molecule has 0 aliphatic rings. The fourth-order valence-corrected chi connectivity index (χ4v) is 2.70. The predicted molar refractivity (Wildman–Crippen MR) is 105 cm³/mol. The van der Waals surface area contributed by atoms with Crippen molar-refractivity contribution in [3.8, 4) is 6.07 Å². The van der Waals surface area contributed by atoms with Crippen LogP contribution < -0.4 is 5.32 Å². The summed E-state index contributed by atoms with van der Waals surface area (Å²) in [6.07, 6.45) is 0. The first-order chi connectivity index (χ1) is 13.7. The maximum absolute atomic E-state index is 12.5. The van der Waals surface area contributed by atoms with Gasteiger partial charge in [0.1, 0.15) is 17.7 Å². The lowest BCUT2D eigenvalue weighted by atomic mass is 10.0. The number of esters is 1. The highest BCUT2D eigenvalue weighted by molar-refractivity contribution is 6.32. The molecule has 0 heterocycles. The Morgan fingerprint density at radius 3 is 2.59 bits per heavy atom. The molecular formula is C20H18ClN3O5. The number of nitrogens with one attached hydrogen (secondary N) is 1. The quantitative estimate of drug-likeness (QED) is 0.418. The summed E-state index contributed by atoms with van der Waals surface area (Å²) < 4.78 is 5.28. The maximum Gasteiger partial charge on any atom is 0.329 e. The minimum absolute atomic E-state index is 0.00521. The predicted octanol–water partition coefficient (Wildman–Crippen LogP) is 3.62. The van der Waals surface area contributed by atoms with Crippen molar-refractivity contribution in [1.82, 2.24) is 5.32 Å². The van der Waals surface area contributed by atoms with Crippen LogP contribution in [-0.2, 0) is 16.1 Å². The van der Waals surface area contributed by atoms with Gasteiger partial charge in [-0.2, -0.15) is 5.26 Å². The van der Waals surface area contributed by atoms with Crippen LogP contribution in [0.25, 0.3) is 0 Å². The lowest BCUT2D eigenvalue weighted by molar-refractivity contribution is -0.384. The van der Waals surface area contributed by atoms with Crippen LogP contribution in [0.1, 0.15) is 35.3 Å². The summed E-state index contributed by atoms with van der Waals surface area (Å²) in [6, 6.07) is 11.4. The first kappa shape index (κ1) is 21.9. The van der Waals surface area contributed by atoms with Crippen LogP contribution in [0, 0.1) is 27.4 Å². The molecule has 0 saturated carbocycles. The van der Waals surface area contributed by atoms with E-state index in [-0.39, 0.29) is 23.1 Å². The Hall–Kier alpha value is -3.44. The van der Waals surface area contributed by atoms with Crippen LogP contribution >= 0.6 is 11.6 Å². The monoisotopic (exact) mass is 415 g/mol. The lowest BCUT2D eigenvalue weighted by Crippen LogP contribution is -2.45. The number of amides is 1. The molecule has 9 heteroatoms. The van der Waals surface area contributed by atoms with Gasteiger partial charge in [0, 0.05) is 17.2 Å². The van der Waals surface area contributed by atoms with E-state index in [0.29, 0.717) is 11.1 Å². The van der Waals surface area contributed by atoms with Gasteiger partial charge >= 0.3 is 5.97 Å². The molecule has 0 bridgehead atoms. The minimum Gasteiger partial charge on any atom is -0.459 e. The second-order valence-corrected chi connectivity index (χ2v) is 6.90. The molecule has 0 aliphatic heterocycles. The summed E-state index contributed by atoms with van der Waals surface area (Å²) in [7, 11) is 0. The number of carbonyl (C=O) groups is 2. The van der Waals surface area contributed by atoms with Crippen LogP contribution in [0.3, 0.4) is 0 Å². The van der Waals surface area contributed by atoms with Gasteiger partial charge in [-0.15, -0.1) is 0 Å². The van der Waals surface area contributed by atoms with Crippen molar-refractivity contribution in [2.24, 2.45) is 5.92 Å². The Kier molecular flexibility index (Phi) is 7.28. The van der Waals surface area contributed by atoms with Crippen molar-refractivity contribution >= 4 is 29.2 Å². The van der Waals surface area contributed by atoms with E-state index in [1.807, 2.05) is 6.07 Å². The van der Waals surface area contributed by atoms with Crippen molar-refractivity contribution in [1.29, 1.82) is 5.26 Å². The summed E-state index contributed by atoms with van der Waals surface area (Å²) >= 11 is 5.76. The van der Waals surface area contributed by atoms with Crippen molar-refractivity contribution in [3.63, 3.8) is 0 Å². The van der Waals surface area contributed by atoms with E-state index >= 15 is 0 Å². The molecule has 0 spiro atoms. The van der Waals surface area contributed by atoms with Gasteiger partial charge in [0.05, 0.1) is 16.6 Å². The molecule has 0 saturated heterocycles. The van der Waals surface area contributed by atoms with Crippen LogP contribution in [-0.4, -0.2) is 22.8 Å². The number of nitrogens with zero attached hydrogens (tertiary/aromatic N) is 2. The third-order valence-corrected chi connectivity index (χ3v) is 4.44. The van der Waals surface area contributed by atoms with E-state index in [2.05, 4.69) is 5.32 Å². The number of rotatable bonds is 7. The number of nitro benzene ring substituents is 1. The number of nitriles is 1. The molecule has 1 N–H and O–H groups in total. The zero-order valence-corrected chi connectivity index (χ0v) is 16.5. The van der Waals surface area contributed by atoms with Crippen LogP contribution in [0.2, 0.25) is 5.02 Å². The summed E-state index contributed by atoms with van der Waals surface area (Å²) in [6.45, 7) is 3.33. The van der Waals surface area contributed by atoms with Gasteiger partial charge in [-0.25, -0.2) is 4.79 Å². The molecule has 0 fully saturated rings. The summed E-state index contributed by atoms with van der Waals surface area (Å²) in [5.41, 5.74) is 0.523. The largest absolute Gasteiger partial charge is 0.459 e. The van der Waals surface area contributed by atoms with E-state index in [4.69, 9.17) is 21.6 Å². The van der Waals surface area contributed by atoms with Gasteiger partial charge in [-0.1, -0.05) is 43.6 Å². The third kappa shape index (κ3) is 5.53. The topological polar surface area (TPSA) is 122 Å². The molecule has 0 radical (unpaired) electrons. The standard InChI is InChI=1S/C20H18ClN3O5/c1-12(2)18(20(26)29-11-15-6-4-3-5-14(15)10-22)23-19(25)13-7-8-16(21)17(9-13)24(27)28/h3-9,12,18H,11H2,1-2H3,(H,23,25)/t18-/m0/s1. The molecule has 2 aromatic carbocycles. The van der Waals surface area contributed by atoms with Crippen molar-refractivity contribution in [3.05, 3.63) is 74.3 Å². The molecule has 0 aliphatic carbocycles. The second-order valence-electron chi connectivity index (χ2n) is 6.50. The number of halogens is 1. The minimum atomic E-state index is -0.980. The van der Waals surface area contributed by atoms with Crippen molar-refractivity contribution < 1.29 is 19.2 Å². The lowest BCUT2D eigenvalue weighted by Gasteiger charge is -2.21. The van der Waals surface area contributed by atoms with Crippen LogP contribution in [0.4, 0.5) is 5.69 Å². The van der Waals surface area contributed by atoms with Crippen molar-refractivity contribution in [2.75, 3.05) is 0 Å². The summed E-state index contributed by atoms with van der Waals surface area (Å²) in [4.78, 5) is 35.3. The van der Waals surface area contributed by atoms with Gasteiger partial charge in [0.15, 0.2) is 0 Å². The number of ether oxygens (including phenoxy) is 1. The van der Waals surface area contributed by atoms with Gasteiger partial charge in [-0.3, -0.25) is 14.9 Å². The Bertz CT molecular complexity index is 984. The zero-order valence-electron chi connectivity index (χ0n) is 15.7. The van der Waals surface area contributed by atoms with Gasteiger partial charge in [0.25, 0.3) is 11.6 Å². The maximum atomic E-state index is 12.5. The molecule has 150 valence electrons. The van der Waals surface area contributed by atoms with Crippen molar-refractivity contribution in [2.45, 2.75) is 26.5 Å². The highest BCUT2D eigenvalue weighted by Gasteiger charge is 2.27. The zero-order chi connectivity index (χ0) is 21.6.